The molecule has 0 amide bonds. The standard InChI is InChI=1S/C16H16BrF2N3/c17-14-8-13(20-9-11-4-2-1-3-5-11)16(19)22(14)12-6-7-15(18)21-10-12/h1-7,10,13-14,16,20H,8-9H2/t13?,14-,16?/m1/s1. The molecule has 1 aliphatic heterocycles. The molecule has 0 spiro atoms. The summed E-state index contributed by atoms with van der Waals surface area (Å²) < 4.78 is 27.6. The van der Waals surface area contributed by atoms with Crippen molar-refractivity contribution in [1.82, 2.24) is 10.3 Å². The van der Waals surface area contributed by atoms with Crippen LogP contribution in [0.5, 0.6) is 0 Å². The smallest absolute Gasteiger partial charge is 0.212 e. The monoisotopic (exact) mass is 367 g/mol. The molecule has 2 unspecified atom stereocenters. The van der Waals surface area contributed by atoms with E-state index in [1.165, 1.54) is 12.3 Å². The van der Waals surface area contributed by atoms with E-state index in [-0.39, 0.29) is 11.0 Å². The van der Waals surface area contributed by atoms with Crippen molar-refractivity contribution >= 4 is 21.6 Å². The van der Waals surface area contributed by atoms with E-state index < -0.39 is 12.2 Å². The predicted molar refractivity (Wildman–Crippen MR) is 86.0 cm³/mol. The van der Waals surface area contributed by atoms with Crippen LogP contribution in [-0.4, -0.2) is 22.3 Å². The molecule has 6 heteroatoms. The average Bonchev–Trinajstić information content (AvgIpc) is 2.82. The summed E-state index contributed by atoms with van der Waals surface area (Å²) in [6.07, 6.45) is 0.779. The second-order valence-corrected chi connectivity index (χ2v) is 6.32. The van der Waals surface area contributed by atoms with Crippen molar-refractivity contribution < 1.29 is 8.78 Å². The second-order valence-electron chi connectivity index (χ2n) is 5.26. The molecule has 1 saturated heterocycles. The van der Waals surface area contributed by atoms with E-state index in [9.17, 15) is 8.78 Å². The summed E-state index contributed by atoms with van der Waals surface area (Å²) in [6.45, 7) is 0.612. The molecule has 0 radical (unpaired) electrons. The van der Waals surface area contributed by atoms with Gasteiger partial charge in [-0.05, 0) is 24.1 Å². The first-order chi connectivity index (χ1) is 10.6. The largest absolute Gasteiger partial charge is 0.326 e. The van der Waals surface area contributed by atoms with Crippen molar-refractivity contribution in [1.29, 1.82) is 0 Å². The fourth-order valence-electron chi connectivity index (χ4n) is 2.63. The number of pyridine rings is 1. The zero-order chi connectivity index (χ0) is 15.5. The van der Waals surface area contributed by atoms with Gasteiger partial charge in [0.15, 0.2) is 6.30 Å². The number of alkyl halides is 2. The molecule has 22 heavy (non-hydrogen) atoms. The maximum absolute atomic E-state index is 14.7. The van der Waals surface area contributed by atoms with Gasteiger partial charge in [-0.2, -0.15) is 4.39 Å². The van der Waals surface area contributed by atoms with Gasteiger partial charge < -0.3 is 10.2 Å². The van der Waals surface area contributed by atoms with E-state index in [1.54, 1.807) is 11.0 Å². The highest BCUT2D eigenvalue weighted by Crippen LogP contribution is 2.34. The Hall–Kier alpha value is -1.53. The van der Waals surface area contributed by atoms with Crippen molar-refractivity contribution in [2.75, 3.05) is 4.90 Å². The minimum atomic E-state index is -1.19. The van der Waals surface area contributed by atoms with E-state index in [2.05, 4.69) is 26.2 Å². The van der Waals surface area contributed by atoms with E-state index in [0.29, 0.717) is 18.7 Å². The van der Waals surface area contributed by atoms with E-state index in [0.717, 1.165) is 5.56 Å². The Labute approximate surface area is 136 Å². The molecule has 2 aromatic rings. The summed E-state index contributed by atoms with van der Waals surface area (Å²) >= 11 is 3.49. The molecule has 3 nitrogen and oxygen atoms in total. The molecule has 0 saturated carbocycles. The number of nitrogens with one attached hydrogen (secondary N) is 1. The number of benzene rings is 1. The lowest BCUT2D eigenvalue weighted by Crippen LogP contribution is -2.40. The van der Waals surface area contributed by atoms with Gasteiger partial charge in [-0.25, -0.2) is 9.37 Å². The van der Waals surface area contributed by atoms with E-state index >= 15 is 0 Å². The maximum Gasteiger partial charge on any atom is 0.212 e. The second kappa shape index (κ2) is 6.71. The summed E-state index contributed by atoms with van der Waals surface area (Å²) in [5, 5.41) is 3.25. The molecule has 1 N–H and O–H groups in total. The van der Waals surface area contributed by atoms with E-state index in [4.69, 9.17) is 0 Å². The Kier molecular flexibility index (Phi) is 4.69. The Balaban J connectivity index is 1.67. The van der Waals surface area contributed by atoms with Crippen LogP contribution >= 0.6 is 15.9 Å². The van der Waals surface area contributed by atoms with Crippen molar-refractivity contribution in [2.24, 2.45) is 0 Å². The van der Waals surface area contributed by atoms with Gasteiger partial charge in [0.2, 0.25) is 5.95 Å². The molecule has 1 aromatic heterocycles. The van der Waals surface area contributed by atoms with Crippen LogP contribution in [0.1, 0.15) is 12.0 Å². The Morgan fingerprint density at radius 3 is 2.68 bits per heavy atom. The minimum absolute atomic E-state index is 0.150. The number of hydrogen-bond donors (Lipinski definition) is 1. The average molecular weight is 368 g/mol. The van der Waals surface area contributed by atoms with Gasteiger partial charge in [-0.1, -0.05) is 46.3 Å². The van der Waals surface area contributed by atoms with Crippen LogP contribution in [0.25, 0.3) is 0 Å². The zero-order valence-corrected chi connectivity index (χ0v) is 13.4. The number of nitrogens with zero attached hydrogens (tertiary/aromatic N) is 2. The number of hydrogen-bond acceptors (Lipinski definition) is 3. The highest BCUT2D eigenvalue weighted by molar-refractivity contribution is 9.09. The highest BCUT2D eigenvalue weighted by Gasteiger charge is 2.40. The fourth-order valence-corrected chi connectivity index (χ4v) is 3.50. The van der Waals surface area contributed by atoms with Crippen LogP contribution in [0, 0.1) is 5.95 Å². The SMILES string of the molecule is Fc1ccc(N2C(F)C(NCc3ccccc3)C[C@@H]2Br)cn1. The molecule has 0 aliphatic carbocycles. The van der Waals surface area contributed by atoms with Gasteiger partial charge >= 0.3 is 0 Å². The lowest BCUT2D eigenvalue weighted by atomic mass is 10.2. The number of halogens is 3. The van der Waals surface area contributed by atoms with E-state index in [1.807, 2.05) is 30.3 Å². The van der Waals surface area contributed by atoms with Gasteiger partial charge in [0.1, 0.15) is 0 Å². The Morgan fingerprint density at radius 2 is 2.00 bits per heavy atom. The van der Waals surface area contributed by atoms with Gasteiger partial charge in [0.25, 0.3) is 0 Å². The van der Waals surface area contributed by atoms with Gasteiger partial charge in [-0.3, -0.25) is 0 Å². The Bertz CT molecular complexity index is 609. The molecular weight excluding hydrogens is 352 g/mol. The summed E-state index contributed by atoms with van der Waals surface area (Å²) in [4.78, 5) is 5.02. The normalized spacial score (nSPS) is 24.7. The van der Waals surface area contributed by atoms with Crippen molar-refractivity contribution in [3.63, 3.8) is 0 Å². The number of anilines is 1. The first kappa shape index (κ1) is 15.4. The summed E-state index contributed by atoms with van der Waals surface area (Å²) in [7, 11) is 0. The van der Waals surface area contributed by atoms with Crippen LogP contribution in [0.4, 0.5) is 14.5 Å². The fraction of sp³-hybridized carbons (Fsp3) is 0.312. The van der Waals surface area contributed by atoms with Crippen LogP contribution in [0.3, 0.4) is 0 Å². The van der Waals surface area contributed by atoms with Gasteiger partial charge in [-0.15, -0.1) is 0 Å². The molecule has 3 atom stereocenters. The lowest BCUT2D eigenvalue weighted by molar-refractivity contribution is 0.280. The van der Waals surface area contributed by atoms with Gasteiger partial charge in [0.05, 0.1) is 22.9 Å². The molecule has 0 bridgehead atoms. The van der Waals surface area contributed by atoms with Crippen molar-refractivity contribution in [2.45, 2.75) is 30.3 Å². The molecule has 1 aliphatic rings. The molecular formula is C16H16BrF2N3. The third-order valence-electron chi connectivity index (χ3n) is 3.77. The molecule has 116 valence electrons. The topological polar surface area (TPSA) is 28.2 Å². The predicted octanol–water partition coefficient (Wildman–Crippen LogP) is 3.61. The van der Waals surface area contributed by atoms with Crippen LogP contribution < -0.4 is 10.2 Å². The first-order valence-electron chi connectivity index (χ1n) is 7.10. The third-order valence-corrected chi connectivity index (χ3v) is 4.58. The molecule has 2 heterocycles. The summed E-state index contributed by atoms with van der Waals surface area (Å²) in [6, 6.07) is 12.4. The molecule has 1 fully saturated rings. The van der Waals surface area contributed by atoms with Gasteiger partial charge in [0, 0.05) is 6.54 Å². The van der Waals surface area contributed by atoms with Crippen molar-refractivity contribution in [3.05, 3.63) is 60.2 Å². The Morgan fingerprint density at radius 1 is 1.23 bits per heavy atom. The van der Waals surface area contributed by atoms with Crippen molar-refractivity contribution in [3.8, 4) is 0 Å². The first-order valence-corrected chi connectivity index (χ1v) is 8.02. The molecule has 1 aromatic carbocycles. The van der Waals surface area contributed by atoms with Crippen LogP contribution in [0.2, 0.25) is 0 Å². The quantitative estimate of drug-likeness (QED) is 0.508. The lowest BCUT2D eigenvalue weighted by Gasteiger charge is -2.25. The maximum atomic E-state index is 14.7. The summed E-state index contributed by atoms with van der Waals surface area (Å²) in [5.74, 6) is -0.566. The summed E-state index contributed by atoms with van der Waals surface area (Å²) in [5.41, 5.74) is 1.68. The minimum Gasteiger partial charge on any atom is -0.326 e. The highest BCUT2D eigenvalue weighted by atomic mass is 79.9. The number of rotatable bonds is 4. The zero-order valence-electron chi connectivity index (χ0n) is 11.8. The molecule has 3 rings (SSSR count). The van der Waals surface area contributed by atoms with Crippen LogP contribution in [0.15, 0.2) is 48.7 Å². The third kappa shape index (κ3) is 3.28. The number of aromatic nitrogens is 1. The van der Waals surface area contributed by atoms with Crippen LogP contribution in [-0.2, 0) is 6.54 Å².